The summed E-state index contributed by atoms with van der Waals surface area (Å²) < 4.78 is 53.3. The van der Waals surface area contributed by atoms with Gasteiger partial charge in [-0.25, -0.2) is 13.6 Å². The number of hydrogen-bond acceptors (Lipinski definition) is 3. The second-order valence-electron chi connectivity index (χ2n) is 4.74. The molecular weight excluding hydrogens is 284 g/mol. The average Bonchev–Trinajstić information content (AvgIpc) is 2.92. The van der Waals surface area contributed by atoms with Crippen molar-refractivity contribution in [3.05, 3.63) is 0 Å². The molecule has 3 amide bonds. The van der Waals surface area contributed by atoms with Gasteiger partial charge in [-0.2, -0.15) is 8.78 Å². The first-order valence-corrected chi connectivity index (χ1v) is 6.20. The Morgan fingerprint density at radius 1 is 1.35 bits per heavy atom. The highest BCUT2D eigenvalue weighted by atomic mass is 19.3. The summed E-state index contributed by atoms with van der Waals surface area (Å²) in [5, 5.41) is 0. The van der Waals surface area contributed by atoms with Crippen LogP contribution in [0, 0.1) is 0 Å². The molecule has 9 heteroatoms. The van der Waals surface area contributed by atoms with Crippen molar-refractivity contribution >= 4 is 11.9 Å². The molecular formula is C11H14F4N2O3. The maximum atomic E-state index is 12.6. The Morgan fingerprint density at radius 3 is 2.65 bits per heavy atom. The number of rotatable bonds is 6. The van der Waals surface area contributed by atoms with Gasteiger partial charge < -0.3 is 9.64 Å². The van der Waals surface area contributed by atoms with Crippen LogP contribution in [0.25, 0.3) is 0 Å². The zero-order chi connectivity index (χ0) is 14.9. The summed E-state index contributed by atoms with van der Waals surface area (Å²) in [7, 11) is 0. The van der Waals surface area contributed by atoms with E-state index in [0.29, 0.717) is 13.0 Å². The van der Waals surface area contributed by atoms with Crippen molar-refractivity contribution in [1.82, 2.24) is 9.80 Å². The molecule has 5 nitrogen and oxygen atoms in total. The van der Waals surface area contributed by atoms with E-state index in [9.17, 15) is 27.2 Å². The lowest BCUT2D eigenvalue weighted by atomic mass is 10.2. The van der Waals surface area contributed by atoms with Gasteiger partial charge in [-0.1, -0.05) is 0 Å². The number of nitrogens with zero attached hydrogens (tertiary/aromatic N) is 2. The van der Waals surface area contributed by atoms with Crippen LogP contribution < -0.4 is 0 Å². The van der Waals surface area contributed by atoms with Gasteiger partial charge in [0.25, 0.3) is 5.91 Å². The molecule has 0 aromatic heterocycles. The monoisotopic (exact) mass is 298 g/mol. The molecule has 0 aromatic rings. The molecule has 0 spiro atoms. The predicted octanol–water partition coefficient (Wildman–Crippen LogP) is 1.33. The molecule has 20 heavy (non-hydrogen) atoms. The highest BCUT2D eigenvalue weighted by Gasteiger charge is 2.47. The smallest absolute Gasteiger partial charge is 0.330 e. The Bertz CT molecular complexity index is 383. The van der Waals surface area contributed by atoms with Crippen molar-refractivity contribution in [2.75, 3.05) is 26.3 Å². The number of halogens is 4. The van der Waals surface area contributed by atoms with E-state index in [0.717, 1.165) is 11.3 Å². The SMILES string of the molecule is O=C1[C@H]2CCCN2C(=O)N1CCOCC(F)(F)C(F)F. The Morgan fingerprint density at radius 2 is 2.05 bits per heavy atom. The molecule has 0 unspecified atom stereocenters. The standard InChI is InChI=1S/C11H14F4N2O3/c12-9(13)11(14,15)6-20-5-4-17-8(18)7-2-1-3-16(7)10(17)19/h7,9H,1-6H2/t7-/m1/s1. The van der Waals surface area contributed by atoms with Crippen LogP contribution in [0.5, 0.6) is 0 Å². The summed E-state index contributed by atoms with van der Waals surface area (Å²) in [6.45, 7) is -1.53. The molecule has 0 radical (unpaired) electrons. The zero-order valence-corrected chi connectivity index (χ0v) is 10.5. The Hall–Kier alpha value is -1.38. The number of carbonyl (C=O) groups excluding carboxylic acids is 2. The van der Waals surface area contributed by atoms with Crippen molar-refractivity contribution in [3.63, 3.8) is 0 Å². The van der Waals surface area contributed by atoms with Gasteiger partial charge in [0.1, 0.15) is 12.6 Å². The van der Waals surface area contributed by atoms with Gasteiger partial charge in [0, 0.05) is 6.54 Å². The number of imide groups is 1. The van der Waals surface area contributed by atoms with Crippen LogP contribution in [0.1, 0.15) is 12.8 Å². The highest BCUT2D eigenvalue weighted by Crippen LogP contribution is 2.27. The van der Waals surface area contributed by atoms with E-state index in [1.807, 2.05) is 0 Å². The summed E-state index contributed by atoms with van der Waals surface area (Å²) in [5.41, 5.74) is 0. The number of hydrogen-bond donors (Lipinski definition) is 0. The van der Waals surface area contributed by atoms with Crippen LogP contribution in [-0.4, -0.2) is 66.4 Å². The second-order valence-corrected chi connectivity index (χ2v) is 4.74. The summed E-state index contributed by atoms with van der Waals surface area (Å²) in [6, 6.07) is -0.938. The third kappa shape index (κ3) is 2.72. The molecule has 114 valence electrons. The van der Waals surface area contributed by atoms with Gasteiger partial charge in [0.2, 0.25) is 0 Å². The van der Waals surface area contributed by atoms with Gasteiger partial charge in [0.05, 0.1) is 13.2 Å². The summed E-state index contributed by atoms with van der Waals surface area (Å²) in [4.78, 5) is 26.0. The number of amides is 3. The van der Waals surface area contributed by atoms with Crippen molar-refractivity contribution < 1.29 is 31.9 Å². The van der Waals surface area contributed by atoms with Crippen LogP contribution in [0.3, 0.4) is 0 Å². The largest absolute Gasteiger partial charge is 0.373 e. The summed E-state index contributed by atoms with van der Waals surface area (Å²) in [6.07, 6.45) is -2.46. The molecule has 2 aliphatic rings. The lowest BCUT2D eigenvalue weighted by Gasteiger charge is -2.18. The average molecular weight is 298 g/mol. The first-order chi connectivity index (χ1) is 9.34. The third-order valence-electron chi connectivity index (χ3n) is 3.35. The van der Waals surface area contributed by atoms with Gasteiger partial charge in [-0.15, -0.1) is 0 Å². The van der Waals surface area contributed by atoms with E-state index in [4.69, 9.17) is 0 Å². The molecule has 2 rings (SSSR count). The predicted molar refractivity (Wildman–Crippen MR) is 58.6 cm³/mol. The van der Waals surface area contributed by atoms with Gasteiger partial charge in [-0.3, -0.25) is 9.69 Å². The Balaban J connectivity index is 1.78. The Kier molecular flexibility index (Phi) is 4.17. The van der Waals surface area contributed by atoms with Crippen LogP contribution in [0.4, 0.5) is 22.4 Å². The molecule has 0 aliphatic carbocycles. The number of fused-ring (bicyclic) bond motifs is 1. The topological polar surface area (TPSA) is 49.9 Å². The first kappa shape index (κ1) is 15.0. The maximum absolute atomic E-state index is 12.6. The fraction of sp³-hybridized carbons (Fsp3) is 0.818. The molecule has 0 bridgehead atoms. The van der Waals surface area contributed by atoms with E-state index >= 15 is 0 Å². The minimum absolute atomic E-state index is 0.204. The van der Waals surface area contributed by atoms with Crippen LogP contribution in [0.2, 0.25) is 0 Å². The van der Waals surface area contributed by atoms with E-state index < -0.39 is 31.0 Å². The fourth-order valence-electron chi connectivity index (χ4n) is 2.31. The van der Waals surface area contributed by atoms with Crippen molar-refractivity contribution in [1.29, 1.82) is 0 Å². The van der Waals surface area contributed by atoms with Crippen molar-refractivity contribution in [2.24, 2.45) is 0 Å². The molecule has 2 heterocycles. The van der Waals surface area contributed by atoms with Crippen LogP contribution >= 0.6 is 0 Å². The zero-order valence-electron chi connectivity index (χ0n) is 10.5. The molecule has 1 atom stereocenters. The number of carbonyl (C=O) groups is 2. The van der Waals surface area contributed by atoms with E-state index in [1.165, 1.54) is 4.90 Å². The van der Waals surface area contributed by atoms with E-state index in [2.05, 4.69) is 4.74 Å². The molecule has 0 aromatic carbocycles. The molecule has 0 saturated carbocycles. The summed E-state index contributed by atoms with van der Waals surface area (Å²) in [5.74, 6) is -4.60. The third-order valence-corrected chi connectivity index (χ3v) is 3.35. The number of ether oxygens (including phenoxy) is 1. The van der Waals surface area contributed by atoms with Gasteiger partial charge >= 0.3 is 18.4 Å². The second kappa shape index (κ2) is 5.55. The van der Waals surface area contributed by atoms with Gasteiger partial charge in [0.15, 0.2) is 0 Å². The minimum atomic E-state index is -4.22. The van der Waals surface area contributed by atoms with E-state index in [-0.39, 0.29) is 19.1 Å². The lowest BCUT2D eigenvalue weighted by molar-refractivity contribution is -0.166. The van der Waals surface area contributed by atoms with E-state index in [1.54, 1.807) is 0 Å². The molecule has 2 fully saturated rings. The molecule has 0 N–H and O–H groups in total. The number of urea groups is 1. The van der Waals surface area contributed by atoms with Gasteiger partial charge in [-0.05, 0) is 12.8 Å². The summed E-state index contributed by atoms with van der Waals surface area (Å²) >= 11 is 0. The number of alkyl halides is 4. The highest BCUT2D eigenvalue weighted by molar-refractivity contribution is 6.04. The maximum Gasteiger partial charge on any atom is 0.330 e. The van der Waals surface area contributed by atoms with Crippen LogP contribution in [-0.2, 0) is 9.53 Å². The quantitative estimate of drug-likeness (QED) is 0.422. The molecule has 2 saturated heterocycles. The molecule has 2 aliphatic heterocycles. The minimum Gasteiger partial charge on any atom is -0.373 e. The van der Waals surface area contributed by atoms with Crippen molar-refractivity contribution in [2.45, 2.75) is 31.2 Å². The fourth-order valence-corrected chi connectivity index (χ4v) is 2.31. The first-order valence-electron chi connectivity index (χ1n) is 6.20. The normalized spacial score (nSPS) is 23.1. The van der Waals surface area contributed by atoms with Crippen molar-refractivity contribution in [3.8, 4) is 0 Å². The lowest BCUT2D eigenvalue weighted by Crippen LogP contribution is -2.37. The van der Waals surface area contributed by atoms with Crippen LogP contribution in [0.15, 0.2) is 0 Å². The Labute approximate surface area is 112 Å².